The number of thioether (sulfide) groups is 1. The molecule has 0 radical (unpaired) electrons. The molecule has 0 aromatic heterocycles. The van der Waals surface area contributed by atoms with Crippen LogP contribution in [0.15, 0.2) is 12.1 Å². The average Bonchev–Trinajstić information content (AvgIpc) is 2.39. The van der Waals surface area contributed by atoms with Crippen molar-refractivity contribution in [2.24, 2.45) is 0 Å². The fraction of sp³-hybridized carbons (Fsp3) is 0.571. The second-order valence-corrected chi connectivity index (χ2v) is 5.33. The lowest BCUT2D eigenvalue weighted by Crippen LogP contribution is -2.22. The Kier molecular flexibility index (Phi) is 6.84. The minimum atomic E-state index is -0.408. The number of hydrogen-bond donors (Lipinski definition) is 2. The standard InChI is InChI=1S/C14H23FN2OS/c1-4-6-18-14-8-13(12(16)7-11(14)15)17-10(5-2)9-19-3/h7-8,10,17H,4-6,9,16H2,1-3H3. The van der Waals surface area contributed by atoms with Crippen molar-refractivity contribution >= 4 is 23.1 Å². The van der Waals surface area contributed by atoms with Crippen LogP contribution in [0.5, 0.6) is 5.75 Å². The summed E-state index contributed by atoms with van der Waals surface area (Å²) in [5, 5.41) is 3.35. The van der Waals surface area contributed by atoms with Gasteiger partial charge in [0.25, 0.3) is 0 Å². The molecular formula is C14H23FN2OS. The molecule has 1 aromatic rings. The lowest BCUT2D eigenvalue weighted by atomic mass is 10.2. The fourth-order valence-corrected chi connectivity index (χ4v) is 2.42. The summed E-state index contributed by atoms with van der Waals surface area (Å²) in [6.45, 7) is 4.60. The van der Waals surface area contributed by atoms with Crippen molar-refractivity contribution in [3.8, 4) is 5.75 Å². The molecule has 1 aromatic carbocycles. The Morgan fingerprint density at radius 3 is 2.74 bits per heavy atom. The zero-order valence-electron chi connectivity index (χ0n) is 11.8. The molecule has 0 bridgehead atoms. The van der Waals surface area contributed by atoms with Crippen molar-refractivity contribution in [3.63, 3.8) is 0 Å². The first-order valence-corrected chi connectivity index (χ1v) is 7.99. The van der Waals surface area contributed by atoms with Crippen molar-refractivity contribution < 1.29 is 9.13 Å². The first-order chi connectivity index (χ1) is 9.12. The molecule has 1 unspecified atom stereocenters. The summed E-state index contributed by atoms with van der Waals surface area (Å²) in [6, 6.07) is 3.30. The number of rotatable bonds is 8. The average molecular weight is 286 g/mol. The summed E-state index contributed by atoms with van der Waals surface area (Å²) >= 11 is 1.77. The molecule has 0 amide bonds. The molecule has 0 saturated heterocycles. The molecule has 1 atom stereocenters. The molecule has 0 aliphatic rings. The topological polar surface area (TPSA) is 47.3 Å². The van der Waals surface area contributed by atoms with Crippen LogP contribution in [-0.4, -0.2) is 24.7 Å². The number of anilines is 2. The second kappa shape index (κ2) is 8.15. The minimum Gasteiger partial charge on any atom is -0.490 e. The van der Waals surface area contributed by atoms with Gasteiger partial charge in [0, 0.05) is 23.9 Å². The molecule has 19 heavy (non-hydrogen) atoms. The smallest absolute Gasteiger partial charge is 0.167 e. The Balaban J connectivity index is 2.86. The van der Waals surface area contributed by atoms with Crippen LogP contribution >= 0.6 is 11.8 Å². The lowest BCUT2D eigenvalue weighted by Gasteiger charge is -2.19. The van der Waals surface area contributed by atoms with E-state index < -0.39 is 5.82 Å². The van der Waals surface area contributed by atoms with Gasteiger partial charge in [-0.25, -0.2) is 4.39 Å². The molecular weight excluding hydrogens is 263 g/mol. The maximum Gasteiger partial charge on any atom is 0.167 e. The molecule has 5 heteroatoms. The zero-order chi connectivity index (χ0) is 14.3. The first kappa shape index (κ1) is 16.0. The van der Waals surface area contributed by atoms with Crippen molar-refractivity contribution in [2.45, 2.75) is 32.7 Å². The van der Waals surface area contributed by atoms with Gasteiger partial charge in [0.05, 0.1) is 18.0 Å². The van der Waals surface area contributed by atoms with Gasteiger partial charge < -0.3 is 15.8 Å². The van der Waals surface area contributed by atoms with Crippen LogP contribution in [0.25, 0.3) is 0 Å². The minimum absolute atomic E-state index is 0.262. The quantitative estimate of drug-likeness (QED) is 0.715. The Hall–Kier alpha value is -1.10. The molecule has 0 aliphatic heterocycles. The van der Waals surface area contributed by atoms with E-state index in [0.29, 0.717) is 18.3 Å². The zero-order valence-corrected chi connectivity index (χ0v) is 12.6. The van der Waals surface area contributed by atoms with Gasteiger partial charge in [0.15, 0.2) is 11.6 Å². The Bertz CT molecular complexity index is 401. The Labute approximate surface area is 119 Å². The highest BCUT2D eigenvalue weighted by Gasteiger charge is 2.12. The van der Waals surface area contributed by atoms with Crippen molar-refractivity contribution in [1.82, 2.24) is 0 Å². The van der Waals surface area contributed by atoms with Gasteiger partial charge in [-0.05, 0) is 19.1 Å². The van der Waals surface area contributed by atoms with E-state index in [0.717, 1.165) is 24.3 Å². The third kappa shape index (κ3) is 4.82. The maximum atomic E-state index is 13.7. The number of nitrogens with two attached hydrogens (primary N) is 1. The summed E-state index contributed by atoms with van der Waals surface area (Å²) in [6.07, 6.45) is 3.90. The van der Waals surface area contributed by atoms with Crippen LogP contribution in [0, 0.1) is 5.82 Å². The number of benzene rings is 1. The molecule has 0 heterocycles. The highest BCUT2D eigenvalue weighted by atomic mass is 32.2. The summed E-state index contributed by atoms with van der Waals surface area (Å²) in [4.78, 5) is 0. The predicted octanol–water partition coefficient (Wildman–Crippen LogP) is 3.75. The summed E-state index contributed by atoms with van der Waals surface area (Å²) in [5.41, 5.74) is 7.01. The maximum absolute atomic E-state index is 13.7. The molecule has 3 nitrogen and oxygen atoms in total. The molecule has 0 saturated carbocycles. The van der Waals surface area contributed by atoms with E-state index in [2.05, 4.69) is 18.5 Å². The van der Waals surface area contributed by atoms with Crippen molar-refractivity contribution in [1.29, 1.82) is 0 Å². The highest BCUT2D eigenvalue weighted by molar-refractivity contribution is 7.98. The fourth-order valence-electron chi connectivity index (χ4n) is 1.70. The largest absolute Gasteiger partial charge is 0.490 e. The summed E-state index contributed by atoms with van der Waals surface area (Å²) < 4.78 is 19.1. The van der Waals surface area contributed by atoms with Gasteiger partial charge in [-0.2, -0.15) is 11.8 Å². The van der Waals surface area contributed by atoms with E-state index in [-0.39, 0.29) is 5.75 Å². The third-order valence-corrected chi connectivity index (χ3v) is 3.52. The van der Waals surface area contributed by atoms with Gasteiger partial charge in [-0.15, -0.1) is 0 Å². The molecule has 0 spiro atoms. The van der Waals surface area contributed by atoms with Crippen molar-refractivity contribution in [3.05, 3.63) is 17.9 Å². The normalized spacial score (nSPS) is 12.2. The highest BCUT2D eigenvalue weighted by Crippen LogP contribution is 2.29. The number of nitrogen functional groups attached to an aromatic ring is 1. The summed E-state index contributed by atoms with van der Waals surface area (Å²) in [7, 11) is 0. The predicted molar refractivity (Wildman–Crippen MR) is 82.7 cm³/mol. The number of hydrogen-bond acceptors (Lipinski definition) is 4. The first-order valence-electron chi connectivity index (χ1n) is 6.59. The van der Waals surface area contributed by atoms with Crippen LogP contribution in [0.1, 0.15) is 26.7 Å². The van der Waals surface area contributed by atoms with Gasteiger partial charge in [-0.3, -0.25) is 0 Å². The van der Waals surface area contributed by atoms with E-state index in [1.165, 1.54) is 6.07 Å². The molecule has 3 N–H and O–H groups in total. The van der Waals surface area contributed by atoms with E-state index >= 15 is 0 Å². The third-order valence-electron chi connectivity index (χ3n) is 2.79. The van der Waals surface area contributed by atoms with E-state index in [4.69, 9.17) is 10.5 Å². The number of halogens is 1. The number of ether oxygens (including phenoxy) is 1. The molecule has 0 aliphatic carbocycles. The SMILES string of the molecule is CCCOc1cc(NC(CC)CSC)c(N)cc1F. The van der Waals surface area contributed by atoms with Crippen LogP contribution < -0.4 is 15.8 Å². The Morgan fingerprint density at radius 2 is 2.16 bits per heavy atom. The van der Waals surface area contributed by atoms with Crippen LogP contribution in [0.2, 0.25) is 0 Å². The molecule has 108 valence electrons. The van der Waals surface area contributed by atoms with Crippen LogP contribution in [0.4, 0.5) is 15.8 Å². The summed E-state index contributed by atoms with van der Waals surface area (Å²) in [5.74, 6) is 0.838. The van der Waals surface area contributed by atoms with Gasteiger partial charge in [0.1, 0.15) is 0 Å². The van der Waals surface area contributed by atoms with E-state index in [1.807, 2.05) is 6.92 Å². The van der Waals surface area contributed by atoms with Gasteiger partial charge in [0.2, 0.25) is 0 Å². The van der Waals surface area contributed by atoms with E-state index in [9.17, 15) is 4.39 Å². The van der Waals surface area contributed by atoms with Crippen LogP contribution in [0.3, 0.4) is 0 Å². The Morgan fingerprint density at radius 1 is 1.42 bits per heavy atom. The van der Waals surface area contributed by atoms with Gasteiger partial charge >= 0.3 is 0 Å². The monoisotopic (exact) mass is 286 g/mol. The van der Waals surface area contributed by atoms with Crippen LogP contribution in [-0.2, 0) is 0 Å². The number of nitrogens with one attached hydrogen (secondary N) is 1. The van der Waals surface area contributed by atoms with E-state index in [1.54, 1.807) is 17.8 Å². The van der Waals surface area contributed by atoms with Crippen molar-refractivity contribution in [2.75, 3.05) is 29.7 Å². The molecule has 1 rings (SSSR count). The lowest BCUT2D eigenvalue weighted by molar-refractivity contribution is 0.301. The van der Waals surface area contributed by atoms with Gasteiger partial charge in [-0.1, -0.05) is 13.8 Å². The molecule has 0 fully saturated rings. The second-order valence-electron chi connectivity index (χ2n) is 4.42.